The maximum absolute atomic E-state index is 5.84. The summed E-state index contributed by atoms with van der Waals surface area (Å²) in [5.41, 5.74) is 7.46. The summed E-state index contributed by atoms with van der Waals surface area (Å²) in [6.07, 6.45) is 0. The van der Waals surface area contributed by atoms with Crippen LogP contribution >= 0.6 is 0 Å². The fourth-order valence-electron chi connectivity index (χ4n) is 1.75. The first kappa shape index (κ1) is 13.3. The fraction of sp³-hybridized carbons (Fsp3) is 0.286. The Morgan fingerprint density at radius 3 is 2.47 bits per heavy atom. The smallest absolute Gasteiger partial charge is 0.216 e. The number of para-hydroxylation sites is 1. The van der Waals surface area contributed by atoms with Crippen molar-refractivity contribution < 1.29 is 9.47 Å². The highest BCUT2D eigenvalue weighted by Gasteiger charge is 2.12. The molecule has 1 aromatic carbocycles. The minimum Gasteiger partial charge on any atom is -0.496 e. The second-order valence-corrected chi connectivity index (χ2v) is 4.14. The van der Waals surface area contributed by atoms with Gasteiger partial charge in [0.25, 0.3) is 0 Å². The Bertz CT molecular complexity index is 570. The van der Waals surface area contributed by atoms with Gasteiger partial charge in [-0.25, -0.2) is 4.98 Å². The molecule has 1 aromatic heterocycles. The summed E-state index contributed by atoms with van der Waals surface area (Å²) in [7, 11) is 3.20. The molecule has 0 amide bonds. The molecule has 5 heteroatoms. The van der Waals surface area contributed by atoms with Crippen molar-refractivity contribution in [2.24, 2.45) is 5.73 Å². The van der Waals surface area contributed by atoms with Gasteiger partial charge in [-0.05, 0) is 19.1 Å². The third kappa shape index (κ3) is 2.82. The van der Waals surface area contributed by atoms with Crippen molar-refractivity contribution in [2.45, 2.75) is 13.0 Å². The lowest BCUT2D eigenvalue weighted by Gasteiger charge is -2.11. The van der Waals surface area contributed by atoms with Crippen LogP contribution in [0.25, 0.3) is 11.3 Å². The predicted molar refractivity (Wildman–Crippen MR) is 73.2 cm³/mol. The van der Waals surface area contributed by atoms with Crippen molar-refractivity contribution in [3.8, 4) is 22.9 Å². The molecular formula is C14H17N3O2. The fourth-order valence-corrected chi connectivity index (χ4v) is 1.75. The molecule has 0 aliphatic carbocycles. The van der Waals surface area contributed by atoms with Gasteiger partial charge >= 0.3 is 0 Å². The number of nitrogens with zero attached hydrogens (tertiary/aromatic N) is 2. The molecule has 1 unspecified atom stereocenters. The first-order chi connectivity index (χ1) is 9.15. The molecule has 1 heterocycles. The van der Waals surface area contributed by atoms with E-state index in [4.69, 9.17) is 15.2 Å². The van der Waals surface area contributed by atoms with Crippen LogP contribution < -0.4 is 15.2 Å². The second-order valence-electron chi connectivity index (χ2n) is 4.14. The van der Waals surface area contributed by atoms with Crippen LogP contribution in [0.3, 0.4) is 0 Å². The largest absolute Gasteiger partial charge is 0.496 e. The summed E-state index contributed by atoms with van der Waals surface area (Å²) in [5, 5.41) is 0. The monoisotopic (exact) mass is 259 g/mol. The maximum atomic E-state index is 5.84. The molecule has 2 aromatic rings. The summed E-state index contributed by atoms with van der Waals surface area (Å²) >= 11 is 0. The summed E-state index contributed by atoms with van der Waals surface area (Å²) in [6.45, 7) is 1.83. The molecule has 1 atom stereocenters. The van der Waals surface area contributed by atoms with Gasteiger partial charge in [0.05, 0.1) is 26.0 Å². The lowest BCUT2D eigenvalue weighted by molar-refractivity contribution is 0.393. The Hall–Kier alpha value is -2.14. The van der Waals surface area contributed by atoms with E-state index in [1.165, 1.54) is 0 Å². The predicted octanol–water partition coefficient (Wildman–Crippen LogP) is 2.18. The van der Waals surface area contributed by atoms with E-state index in [0.717, 1.165) is 17.0 Å². The van der Waals surface area contributed by atoms with E-state index in [1.807, 2.05) is 31.2 Å². The third-order valence-electron chi connectivity index (χ3n) is 2.72. The van der Waals surface area contributed by atoms with Crippen molar-refractivity contribution in [3.05, 3.63) is 36.2 Å². The average molecular weight is 259 g/mol. The number of hydrogen-bond acceptors (Lipinski definition) is 5. The van der Waals surface area contributed by atoms with Crippen molar-refractivity contribution in [1.29, 1.82) is 0 Å². The normalized spacial score (nSPS) is 12.0. The molecule has 100 valence electrons. The Labute approximate surface area is 112 Å². The van der Waals surface area contributed by atoms with Crippen LogP contribution in [0, 0.1) is 0 Å². The SMILES string of the molecule is COc1cc(-c2ccccc2OC)nc(C(C)N)n1. The van der Waals surface area contributed by atoms with Gasteiger partial charge in [-0.1, -0.05) is 12.1 Å². The standard InChI is InChI=1S/C14H17N3O2/c1-9(15)14-16-11(8-13(17-14)19-3)10-6-4-5-7-12(10)18-2/h4-9H,15H2,1-3H3. The zero-order chi connectivity index (χ0) is 13.8. The summed E-state index contributed by atoms with van der Waals surface area (Å²) < 4.78 is 10.5. The van der Waals surface area contributed by atoms with E-state index in [-0.39, 0.29) is 6.04 Å². The molecule has 2 rings (SSSR count). The van der Waals surface area contributed by atoms with E-state index in [0.29, 0.717) is 11.7 Å². The molecule has 0 radical (unpaired) electrons. The molecule has 0 saturated carbocycles. The minimum absolute atomic E-state index is 0.261. The molecule has 0 aliphatic heterocycles. The van der Waals surface area contributed by atoms with Crippen LogP contribution in [0.5, 0.6) is 11.6 Å². The van der Waals surface area contributed by atoms with Crippen LogP contribution in [0.2, 0.25) is 0 Å². The van der Waals surface area contributed by atoms with Crippen LogP contribution in [-0.4, -0.2) is 24.2 Å². The number of nitrogens with two attached hydrogens (primary N) is 1. The zero-order valence-electron chi connectivity index (χ0n) is 11.3. The first-order valence-corrected chi connectivity index (χ1v) is 5.97. The number of hydrogen-bond donors (Lipinski definition) is 1. The molecular weight excluding hydrogens is 242 g/mol. The van der Waals surface area contributed by atoms with Gasteiger partial charge in [0.2, 0.25) is 5.88 Å². The molecule has 0 spiro atoms. The highest BCUT2D eigenvalue weighted by Crippen LogP contribution is 2.30. The van der Waals surface area contributed by atoms with Crippen LogP contribution in [0.4, 0.5) is 0 Å². The van der Waals surface area contributed by atoms with Crippen molar-refractivity contribution in [1.82, 2.24) is 9.97 Å². The van der Waals surface area contributed by atoms with Gasteiger partial charge in [0.15, 0.2) is 0 Å². The number of benzene rings is 1. The molecule has 0 bridgehead atoms. The summed E-state index contributed by atoms with van der Waals surface area (Å²) in [4.78, 5) is 8.70. The maximum Gasteiger partial charge on any atom is 0.216 e. The van der Waals surface area contributed by atoms with Gasteiger partial charge in [0, 0.05) is 11.6 Å². The highest BCUT2D eigenvalue weighted by atomic mass is 16.5. The number of rotatable bonds is 4. The second kappa shape index (κ2) is 5.67. The van der Waals surface area contributed by atoms with Crippen molar-refractivity contribution >= 4 is 0 Å². The van der Waals surface area contributed by atoms with E-state index in [1.54, 1.807) is 20.3 Å². The minimum atomic E-state index is -0.261. The topological polar surface area (TPSA) is 70.3 Å². The molecule has 2 N–H and O–H groups in total. The average Bonchev–Trinajstić information content (AvgIpc) is 2.46. The van der Waals surface area contributed by atoms with E-state index in [9.17, 15) is 0 Å². The van der Waals surface area contributed by atoms with Gasteiger partial charge in [-0.3, -0.25) is 0 Å². The molecule has 0 fully saturated rings. The lowest BCUT2D eigenvalue weighted by Crippen LogP contribution is -2.11. The number of ether oxygens (including phenoxy) is 2. The Morgan fingerprint density at radius 2 is 1.84 bits per heavy atom. The molecule has 0 saturated heterocycles. The quantitative estimate of drug-likeness (QED) is 0.911. The first-order valence-electron chi connectivity index (χ1n) is 5.97. The van der Waals surface area contributed by atoms with E-state index >= 15 is 0 Å². The van der Waals surface area contributed by atoms with Gasteiger partial charge in [-0.2, -0.15) is 4.98 Å². The van der Waals surface area contributed by atoms with E-state index < -0.39 is 0 Å². The Kier molecular flexibility index (Phi) is 3.97. The van der Waals surface area contributed by atoms with Crippen molar-refractivity contribution in [2.75, 3.05) is 14.2 Å². The zero-order valence-corrected chi connectivity index (χ0v) is 11.3. The highest BCUT2D eigenvalue weighted by molar-refractivity contribution is 5.67. The molecule has 19 heavy (non-hydrogen) atoms. The number of aromatic nitrogens is 2. The third-order valence-corrected chi connectivity index (χ3v) is 2.72. The lowest BCUT2D eigenvalue weighted by atomic mass is 10.1. The Balaban J connectivity index is 2.57. The van der Waals surface area contributed by atoms with Gasteiger partial charge in [0.1, 0.15) is 11.6 Å². The Morgan fingerprint density at radius 1 is 1.11 bits per heavy atom. The molecule has 0 aliphatic rings. The van der Waals surface area contributed by atoms with Crippen LogP contribution in [0.15, 0.2) is 30.3 Å². The summed E-state index contributed by atoms with van der Waals surface area (Å²) in [6, 6.07) is 9.17. The van der Waals surface area contributed by atoms with Crippen molar-refractivity contribution in [3.63, 3.8) is 0 Å². The molecule has 5 nitrogen and oxygen atoms in total. The van der Waals surface area contributed by atoms with E-state index in [2.05, 4.69) is 9.97 Å². The van der Waals surface area contributed by atoms with Crippen LogP contribution in [-0.2, 0) is 0 Å². The van der Waals surface area contributed by atoms with Crippen LogP contribution in [0.1, 0.15) is 18.8 Å². The number of methoxy groups -OCH3 is 2. The van der Waals surface area contributed by atoms with Gasteiger partial charge < -0.3 is 15.2 Å². The summed E-state index contributed by atoms with van der Waals surface area (Å²) in [5.74, 6) is 1.78. The van der Waals surface area contributed by atoms with Gasteiger partial charge in [-0.15, -0.1) is 0 Å².